The first-order valence-electron chi connectivity index (χ1n) is 12.3. The van der Waals surface area contributed by atoms with Crippen LogP contribution in [0.3, 0.4) is 0 Å². The predicted octanol–water partition coefficient (Wildman–Crippen LogP) is 8.20. The maximum absolute atomic E-state index is 6.57. The molecule has 4 nitrogen and oxygen atoms in total. The van der Waals surface area contributed by atoms with Crippen LogP contribution in [0.15, 0.2) is 72.8 Å². The van der Waals surface area contributed by atoms with Gasteiger partial charge in [-0.05, 0) is 65.8 Å². The van der Waals surface area contributed by atoms with Crippen molar-refractivity contribution in [2.24, 2.45) is 0 Å². The van der Waals surface area contributed by atoms with Crippen LogP contribution in [0.25, 0.3) is 0 Å². The number of benzene rings is 3. The zero-order valence-corrected chi connectivity index (χ0v) is 23.9. The molecule has 0 spiro atoms. The molecule has 0 unspecified atom stereocenters. The topological polar surface area (TPSA) is 36.9 Å². The second-order valence-corrected chi connectivity index (χ2v) is 11.6. The van der Waals surface area contributed by atoms with E-state index in [-0.39, 0.29) is 29.9 Å². The lowest BCUT2D eigenvalue weighted by Gasteiger charge is -2.45. The molecule has 0 N–H and O–H groups in total. The van der Waals surface area contributed by atoms with Crippen molar-refractivity contribution in [2.45, 2.75) is 63.5 Å². The summed E-state index contributed by atoms with van der Waals surface area (Å²) in [6, 6.07) is 23.0. The molecule has 1 heterocycles. The van der Waals surface area contributed by atoms with Crippen LogP contribution >= 0.6 is 46.6 Å². The number of halogens is 3. The number of rotatable bonds is 11. The normalized spacial score (nSPS) is 23.8. The molecule has 0 aromatic heterocycles. The second kappa shape index (κ2) is 14.2. The van der Waals surface area contributed by atoms with E-state index in [1.807, 2.05) is 79.7 Å². The Morgan fingerprint density at radius 2 is 1.00 bits per heavy atom. The molecule has 8 heteroatoms. The molecule has 3 aromatic carbocycles. The third-order valence-corrected chi connectivity index (χ3v) is 7.92. The van der Waals surface area contributed by atoms with Gasteiger partial charge < -0.3 is 18.9 Å². The molecule has 1 saturated heterocycles. The zero-order valence-electron chi connectivity index (χ0n) is 20.8. The Morgan fingerprint density at radius 3 is 1.41 bits per heavy atom. The minimum atomic E-state index is -0.358. The Bertz CT molecular complexity index is 1100. The molecular formula is C29H31Cl3O4S. The molecule has 37 heavy (non-hydrogen) atoms. The van der Waals surface area contributed by atoms with Crippen LogP contribution in [-0.4, -0.2) is 35.6 Å². The first-order valence-corrected chi connectivity index (χ1v) is 14.5. The average Bonchev–Trinajstić information content (AvgIpc) is 2.89. The highest BCUT2D eigenvalue weighted by Crippen LogP contribution is 2.35. The van der Waals surface area contributed by atoms with Gasteiger partial charge in [-0.15, -0.1) is 11.8 Å². The van der Waals surface area contributed by atoms with Crippen LogP contribution in [0, 0.1) is 0 Å². The summed E-state index contributed by atoms with van der Waals surface area (Å²) in [6.45, 7) is 5.36. The van der Waals surface area contributed by atoms with E-state index in [1.165, 1.54) is 0 Å². The highest BCUT2D eigenvalue weighted by molar-refractivity contribution is 7.99. The van der Waals surface area contributed by atoms with Crippen molar-refractivity contribution in [2.75, 3.05) is 5.75 Å². The zero-order chi connectivity index (χ0) is 26.2. The molecule has 5 atom stereocenters. The highest BCUT2D eigenvalue weighted by atomic mass is 35.5. The van der Waals surface area contributed by atoms with E-state index in [9.17, 15) is 0 Å². The lowest BCUT2D eigenvalue weighted by molar-refractivity contribution is -0.242. The Morgan fingerprint density at radius 1 is 0.622 bits per heavy atom. The molecule has 0 amide bonds. The molecule has 4 rings (SSSR count). The van der Waals surface area contributed by atoms with E-state index < -0.39 is 0 Å². The van der Waals surface area contributed by atoms with Gasteiger partial charge in [0, 0.05) is 15.1 Å². The molecular weight excluding hydrogens is 551 g/mol. The minimum absolute atomic E-state index is 0.193. The summed E-state index contributed by atoms with van der Waals surface area (Å²) in [5.74, 6) is 0.887. The molecule has 0 aliphatic carbocycles. The third kappa shape index (κ3) is 8.35. The second-order valence-electron chi connectivity index (χ2n) is 8.87. The molecule has 0 bridgehead atoms. The van der Waals surface area contributed by atoms with Crippen LogP contribution in [-0.2, 0) is 38.8 Å². The van der Waals surface area contributed by atoms with Gasteiger partial charge in [0.1, 0.15) is 23.7 Å². The van der Waals surface area contributed by atoms with Crippen molar-refractivity contribution in [1.82, 2.24) is 0 Å². The molecule has 3 aromatic rings. The molecule has 1 aliphatic rings. The largest absolute Gasteiger partial charge is 0.368 e. The van der Waals surface area contributed by atoms with Crippen molar-refractivity contribution in [3.63, 3.8) is 0 Å². The van der Waals surface area contributed by atoms with Crippen LogP contribution in [0.2, 0.25) is 15.1 Å². The van der Waals surface area contributed by atoms with Crippen LogP contribution < -0.4 is 0 Å². The van der Waals surface area contributed by atoms with Gasteiger partial charge in [-0.1, -0.05) is 78.1 Å². The summed E-state index contributed by atoms with van der Waals surface area (Å²) in [5, 5.41) is 2.08. The Balaban J connectivity index is 1.55. The van der Waals surface area contributed by atoms with E-state index in [4.69, 9.17) is 53.8 Å². The van der Waals surface area contributed by atoms with Gasteiger partial charge in [0.05, 0.1) is 25.9 Å². The monoisotopic (exact) mass is 580 g/mol. The van der Waals surface area contributed by atoms with Crippen LogP contribution in [0.1, 0.15) is 30.5 Å². The fraction of sp³-hybridized carbons (Fsp3) is 0.379. The molecule has 1 aliphatic heterocycles. The van der Waals surface area contributed by atoms with E-state index >= 15 is 0 Å². The lowest BCUT2D eigenvalue weighted by atomic mass is 9.99. The maximum Gasteiger partial charge on any atom is 0.132 e. The molecule has 1 fully saturated rings. The Hall–Kier alpha value is -1.28. The van der Waals surface area contributed by atoms with E-state index in [1.54, 1.807) is 11.8 Å². The van der Waals surface area contributed by atoms with Gasteiger partial charge in [0.15, 0.2) is 0 Å². The Labute approximate surface area is 238 Å². The van der Waals surface area contributed by atoms with Crippen LogP contribution in [0.4, 0.5) is 0 Å². The fourth-order valence-electron chi connectivity index (χ4n) is 4.19. The average molecular weight is 582 g/mol. The molecule has 0 radical (unpaired) electrons. The first-order chi connectivity index (χ1) is 17.9. The summed E-state index contributed by atoms with van der Waals surface area (Å²) in [5.41, 5.74) is 2.88. The van der Waals surface area contributed by atoms with E-state index in [2.05, 4.69) is 6.92 Å². The first kappa shape index (κ1) is 28.7. The highest BCUT2D eigenvalue weighted by Gasteiger charge is 2.46. The summed E-state index contributed by atoms with van der Waals surface area (Å²) >= 11 is 19.9. The fourth-order valence-corrected chi connectivity index (χ4v) is 5.57. The molecule has 0 saturated carbocycles. The smallest absolute Gasteiger partial charge is 0.132 e. The summed E-state index contributed by atoms with van der Waals surface area (Å²) in [4.78, 5) is 0. The van der Waals surface area contributed by atoms with Crippen molar-refractivity contribution in [3.8, 4) is 0 Å². The van der Waals surface area contributed by atoms with Gasteiger partial charge in [-0.2, -0.15) is 0 Å². The summed E-state index contributed by atoms with van der Waals surface area (Å²) < 4.78 is 26.0. The van der Waals surface area contributed by atoms with Crippen molar-refractivity contribution in [3.05, 3.63) is 105 Å². The SMILES string of the molecule is CCS[C@@H]1O[C@H](C)[C@H](OCc2ccc(Cl)cc2)[C@H](OCc2ccc(Cl)cc2)[C@H]1OCc1ccc(Cl)cc1. The number of hydrogen-bond donors (Lipinski definition) is 0. The Kier molecular flexibility index (Phi) is 11.0. The van der Waals surface area contributed by atoms with Gasteiger partial charge >= 0.3 is 0 Å². The predicted molar refractivity (Wildman–Crippen MR) is 153 cm³/mol. The van der Waals surface area contributed by atoms with Crippen molar-refractivity contribution < 1.29 is 18.9 Å². The van der Waals surface area contributed by atoms with Gasteiger partial charge in [-0.25, -0.2) is 0 Å². The van der Waals surface area contributed by atoms with Crippen LogP contribution in [0.5, 0.6) is 0 Å². The number of ether oxygens (including phenoxy) is 4. The van der Waals surface area contributed by atoms with Crippen molar-refractivity contribution in [1.29, 1.82) is 0 Å². The van der Waals surface area contributed by atoms with Gasteiger partial charge in [0.25, 0.3) is 0 Å². The van der Waals surface area contributed by atoms with Gasteiger partial charge in [-0.3, -0.25) is 0 Å². The standard InChI is InChI=1S/C29H31Cl3O4S/c1-3-37-29-28(35-18-22-8-14-25(32)15-9-22)27(34-17-21-6-12-24(31)13-7-21)26(19(2)36-29)33-16-20-4-10-23(30)11-5-20/h4-15,19,26-29H,3,16-18H2,1-2H3/t19-,26+,27+,28-,29+/m1/s1. The maximum atomic E-state index is 6.57. The van der Waals surface area contributed by atoms with E-state index in [0.29, 0.717) is 34.9 Å². The molecule has 198 valence electrons. The summed E-state index contributed by atoms with van der Waals surface area (Å²) in [7, 11) is 0. The minimum Gasteiger partial charge on any atom is -0.368 e. The quantitative estimate of drug-likeness (QED) is 0.228. The van der Waals surface area contributed by atoms with Gasteiger partial charge in [0.2, 0.25) is 0 Å². The van der Waals surface area contributed by atoms with Crippen molar-refractivity contribution >= 4 is 46.6 Å². The lowest BCUT2D eigenvalue weighted by Crippen LogP contribution is -2.58. The van der Waals surface area contributed by atoms with E-state index in [0.717, 1.165) is 22.4 Å². The summed E-state index contributed by atoms with van der Waals surface area (Å²) in [6.07, 6.45) is -1.24. The number of thioether (sulfide) groups is 1. The number of hydrogen-bond acceptors (Lipinski definition) is 5. The third-order valence-electron chi connectivity index (χ3n) is 6.13.